The van der Waals surface area contributed by atoms with Crippen LogP contribution in [0.2, 0.25) is 5.02 Å². The molecule has 0 bridgehead atoms. The van der Waals surface area contributed by atoms with Crippen LogP contribution in [0.25, 0.3) is 11.4 Å². The summed E-state index contributed by atoms with van der Waals surface area (Å²) in [5.74, 6) is 0.430. The van der Waals surface area contributed by atoms with Crippen molar-refractivity contribution < 1.29 is 13.7 Å². The third-order valence-electron chi connectivity index (χ3n) is 3.49. The van der Waals surface area contributed by atoms with E-state index in [4.69, 9.17) is 16.1 Å². The SMILES string of the molecule is O=C(CCCc1nc(-c2ccc(F)cc2)no1)Nc1ccc(Cl)cc1. The topological polar surface area (TPSA) is 68.0 Å². The van der Waals surface area contributed by atoms with Crippen molar-refractivity contribution >= 4 is 23.2 Å². The van der Waals surface area contributed by atoms with E-state index in [-0.39, 0.29) is 11.7 Å². The van der Waals surface area contributed by atoms with Gasteiger partial charge >= 0.3 is 0 Å². The smallest absolute Gasteiger partial charge is 0.226 e. The van der Waals surface area contributed by atoms with Crippen molar-refractivity contribution in [3.63, 3.8) is 0 Å². The maximum Gasteiger partial charge on any atom is 0.226 e. The minimum Gasteiger partial charge on any atom is -0.339 e. The minimum atomic E-state index is -0.320. The molecule has 3 aromatic rings. The number of nitrogens with zero attached hydrogens (tertiary/aromatic N) is 2. The lowest BCUT2D eigenvalue weighted by atomic mass is 10.2. The van der Waals surface area contributed by atoms with Crippen LogP contribution in [0.15, 0.2) is 53.1 Å². The highest BCUT2D eigenvalue weighted by atomic mass is 35.5. The normalized spacial score (nSPS) is 10.6. The van der Waals surface area contributed by atoms with Gasteiger partial charge in [-0.2, -0.15) is 4.98 Å². The number of amides is 1. The third kappa shape index (κ3) is 4.87. The fraction of sp³-hybridized carbons (Fsp3) is 0.167. The molecule has 1 heterocycles. The Hall–Kier alpha value is -2.73. The van der Waals surface area contributed by atoms with Crippen molar-refractivity contribution in [2.24, 2.45) is 0 Å². The first-order chi connectivity index (χ1) is 12.1. The van der Waals surface area contributed by atoms with E-state index in [0.29, 0.717) is 47.3 Å². The summed E-state index contributed by atoms with van der Waals surface area (Å²) in [6.07, 6.45) is 1.39. The Bertz CT molecular complexity index is 848. The Morgan fingerprint density at radius 2 is 1.84 bits per heavy atom. The zero-order chi connectivity index (χ0) is 17.6. The number of nitrogens with one attached hydrogen (secondary N) is 1. The Kier molecular flexibility index (Phi) is 5.40. The molecule has 0 atom stereocenters. The largest absolute Gasteiger partial charge is 0.339 e. The van der Waals surface area contributed by atoms with Gasteiger partial charge in [-0.25, -0.2) is 4.39 Å². The van der Waals surface area contributed by atoms with Gasteiger partial charge in [-0.05, 0) is 55.0 Å². The van der Waals surface area contributed by atoms with E-state index in [1.807, 2.05) is 0 Å². The molecule has 0 unspecified atom stereocenters. The Morgan fingerprint density at radius 3 is 2.56 bits per heavy atom. The molecule has 0 aliphatic rings. The summed E-state index contributed by atoms with van der Waals surface area (Å²) >= 11 is 5.80. The minimum absolute atomic E-state index is 0.0967. The molecular weight excluding hydrogens is 345 g/mol. The summed E-state index contributed by atoms with van der Waals surface area (Å²) in [6, 6.07) is 12.8. The van der Waals surface area contributed by atoms with Crippen molar-refractivity contribution in [1.82, 2.24) is 10.1 Å². The lowest BCUT2D eigenvalue weighted by Gasteiger charge is -2.04. The van der Waals surface area contributed by atoms with Crippen LogP contribution in [0.1, 0.15) is 18.7 Å². The van der Waals surface area contributed by atoms with E-state index in [0.717, 1.165) is 0 Å². The van der Waals surface area contributed by atoms with E-state index < -0.39 is 0 Å². The lowest BCUT2D eigenvalue weighted by Crippen LogP contribution is -2.11. The Morgan fingerprint density at radius 1 is 1.12 bits per heavy atom. The van der Waals surface area contributed by atoms with Crippen LogP contribution >= 0.6 is 11.6 Å². The van der Waals surface area contributed by atoms with Crippen molar-refractivity contribution in [3.05, 3.63) is 65.3 Å². The lowest BCUT2D eigenvalue weighted by molar-refractivity contribution is -0.116. The maximum atomic E-state index is 12.9. The number of benzene rings is 2. The molecule has 3 rings (SSSR count). The first-order valence-corrected chi connectivity index (χ1v) is 8.12. The fourth-order valence-electron chi connectivity index (χ4n) is 2.23. The molecule has 0 fully saturated rings. The molecule has 0 aliphatic carbocycles. The molecule has 0 saturated carbocycles. The molecular formula is C18H15ClFN3O2. The van der Waals surface area contributed by atoms with Crippen LogP contribution in [0.3, 0.4) is 0 Å². The van der Waals surface area contributed by atoms with Gasteiger partial charge in [0.25, 0.3) is 0 Å². The number of aryl methyl sites for hydroxylation is 1. The van der Waals surface area contributed by atoms with Crippen LogP contribution in [0.4, 0.5) is 10.1 Å². The quantitative estimate of drug-likeness (QED) is 0.704. The summed E-state index contributed by atoms with van der Waals surface area (Å²) in [7, 11) is 0. The number of carbonyl (C=O) groups excluding carboxylic acids is 1. The predicted octanol–water partition coefficient (Wildman–Crippen LogP) is 4.49. The molecule has 128 valence electrons. The molecule has 1 aromatic heterocycles. The Labute approximate surface area is 148 Å². The molecule has 0 spiro atoms. The molecule has 0 radical (unpaired) electrons. The van der Waals surface area contributed by atoms with Gasteiger partial charge in [0.05, 0.1) is 0 Å². The second-order valence-electron chi connectivity index (χ2n) is 5.43. The van der Waals surface area contributed by atoms with Crippen LogP contribution in [-0.2, 0) is 11.2 Å². The number of aromatic nitrogens is 2. The number of halogens is 2. The van der Waals surface area contributed by atoms with E-state index in [1.165, 1.54) is 12.1 Å². The van der Waals surface area contributed by atoms with E-state index in [1.54, 1.807) is 36.4 Å². The third-order valence-corrected chi connectivity index (χ3v) is 3.74. The van der Waals surface area contributed by atoms with Crippen LogP contribution in [-0.4, -0.2) is 16.0 Å². The van der Waals surface area contributed by atoms with Gasteiger partial charge in [0.1, 0.15) is 5.82 Å². The molecule has 1 amide bonds. The van der Waals surface area contributed by atoms with Crippen molar-refractivity contribution in [1.29, 1.82) is 0 Å². The van der Waals surface area contributed by atoms with E-state index >= 15 is 0 Å². The number of hydrogen-bond acceptors (Lipinski definition) is 4. The van der Waals surface area contributed by atoms with Gasteiger partial charge in [-0.3, -0.25) is 4.79 Å². The van der Waals surface area contributed by atoms with Crippen molar-refractivity contribution in [2.45, 2.75) is 19.3 Å². The monoisotopic (exact) mass is 359 g/mol. The van der Waals surface area contributed by atoms with Gasteiger partial charge in [0, 0.05) is 29.1 Å². The average molecular weight is 360 g/mol. The highest BCUT2D eigenvalue weighted by Gasteiger charge is 2.10. The number of carbonyl (C=O) groups is 1. The molecule has 25 heavy (non-hydrogen) atoms. The summed E-state index contributed by atoms with van der Waals surface area (Å²) in [6.45, 7) is 0. The summed E-state index contributed by atoms with van der Waals surface area (Å²) in [5.41, 5.74) is 1.38. The van der Waals surface area contributed by atoms with Gasteiger partial charge in [-0.1, -0.05) is 16.8 Å². The second kappa shape index (κ2) is 7.90. The van der Waals surface area contributed by atoms with Gasteiger partial charge in [0.2, 0.25) is 17.6 Å². The van der Waals surface area contributed by atoms with Gasteiger partial charge in [-0.15, -0.1) is 0 Å². The van der Waals surface area contributed by atoms with E-state index in [2.05, 4.69) is 15.5 Å². The first-order valence-electron chi connectivity index (χ1n) is 7.74. The molecule has 0 saturated heterocycles. The zero-order valence-corrected chi connectivity index (χ0v) is 14.0. The van der Waals surface area contributed by atoms with E-state index in [9.17, 15) is 9.18 Å². The van der Waals surface area contributed by atoms with Crippen LogP contribution in [0.5, 0.6) is 0 Å². The first kappa shape index (κ1) is 17.1. The highest BCUT2D eigenvalue weighted by molar-refractivity contribution is 6.30. The average Bonchev–Trinajstić information content (AvgIpc) is 3.06. The molecule has 1 N–H and O–H groups in total. The van der Waals surface area contributed by atoms with Gasteiger partial charge in [0.15, 0.2) is 0 Å². The molecule has 0 aliphatic heterocycles. The Balaban J connectivity index is 1.48. The highest BCUT2D eigenvalue weighted by Crippen LogP contribution is 2.17. The van der Waals surface area contributed by atoms with Crippen molar-refractivity contribution in [3.8, 4) is 11.4 Å². The number of anilines is 1. The van der Waals surface area contributed by atoms with Crippen LogP contribution in [0, 0.1) is 5.82 Å². The van der Waals surface area contributed by atoms with Crippen molar-refractivity contribution in [2.75, 3.05) is 5.32 Å². The summed E-state index contributed by atoms with van der Waals surface area (Å²) in [4.78, 5) is 16.2. The van der Waals surface area contributed by atoms with Crippen LogP contribution < -0.4 is 5.32 Å². The molecule has 2 aromatic carbocycles. The standard InChI is InChI=1S/C18H15ClFN3O2/c19-13-6-10-15(11-7-13)21-16(24)2-1-3-17-22-18(23-25-17)12-4-8-14(20)9-5-12/h4-11H,1-3H2,(H,21,24). The zero-order valence-electron chi connectivity index (χ0n) is 13.2. The maximum absolute atomic E-state index is 12.9. The molecule has 5 nitrogen and oxygen atoms in total. The second-order valence-corrected chi connectivity index (χ2v) is 5.86. The number of hydrogen-bond donors (Lipinski definition) is 1. The summed E-state index contributed by atoms with van der Waals surface area (Å²) < 4.78 is 18.1. The number of rotatable bonds is 6. The molecule has 7 heteroatoms. The fourth-order valence-corrected chi connectivity index (χ4v) is 2.36. The predicted molar refractivity (Wildman–Crippen MR) is 92.7 cm³/mol. The summed E-state index contributed by atoms with van der Waals surface area (Å²) in [5, 5.41) is 7.28. The van der Waals surface area contributed by atoms with Gasteiger partial charge < -0.3 is 9.84 Å².